The first kappa shape index (κ1) is 12.2. The Bertz CT molecular complexity index is 621. The highest BCUT2D eigenvalue weighted by Crippen LogP contribution is 2.40. The second-order valence-corrected chi connectivity index (χ2v) is 4.30. The molecule has 0 bridgehead atoms. The van der Waals surface area contributed by atoms with E-state index in [0.717, 1.165) is 0 Å². The van der Waals surface area contributed by atoms with Gasteiger partial charge in [-0.25, -0.2) is 23.7 Å². The van der Waals surface area contributed by atoms with Gasteiger partial charge in [-0.2, -0.15) is 0 Å². The highest BCUT2D eigenvalue weighted by atomic mass is 19.2. The number of nitrogens with two attached hydrogens (primary N) is 1. The van der Waals surface area contributed by atoms with Crippen LogP contribution >= 0.6 is 0 Å². The standard InChI is InChI=1S/C10H11F2N5O2/c11-5-1-6(19-10(5,12)2-18)17-4-16-7-8(13)14-3-15-9(7)17/h3-6,18H,1-2H2,(H2,13,14,15)/t5-,6+,10+/m0/s1. The van der Waals surface area contributed by atoms with Crippen molar-refractivity contribution < 1.29 is 18.6 Å². The molecule has 3 N–H and O–H groups in total. The molecule has 0 aromatic carbocycles. The first-order chi connectivity index (χ1) is 9.05. The number of ether oxygens (including phenoxy) is 1. The summed E-state index contributed by atoms with van der Waals surface area (Å²) in [5, 5.41) is 8.86. The van der Waals surface area contributed by atoms with Gasteiger partial charge in [0.1, 0.15) is 24.7 Å². The lowest BCUT2D eigenvalue weighted by atomic mass is 10.2. The molecule has 102 valence electrons. The van der Waals surface area contributed by atoms with Crippen molar-refractivity contribution in [1.29, 1.82) is 0 Å². The third kappa shape index (κ3) is 1.73. The van der Waals surface area contributed by atoms with Crippen LogP contribution in [-0.4, -0.2) is 43.3 Å². The van der Waals surface area contributed by atoms with Crippen LogP contribution in [0.25, 0.3) is 11.2 Å². The summed E-state index contributed by atoms with van der Waals surface area (Å²) in [5.74, 6) is -2.52. The lowest BCUT2D eigenvalue weighted by Gasteiger charge is -2.19. The Balaban J connectivity index is 2.01. The Morgan fingerprint density at radius 3 is 3.00 bits per heavy atom. The van der Waals surface area contributed by atoms with Crippen LogP contribution in [0.4, 0.5) is 14.6 Å². The minimum Gasteiger partial charge on any atom is -0.390 e. The molecule has 2 aromatic heterocycles. The summed E-state index contributed by atoms with van der Waals surface area (Å²) in [6.45, 7) is -1.05. The SMILES string of the molecule is Nc1ncnc2c1ncn2[C@H]1C[C@H](F)[C@@](F)(CO)O1. The highest BCUT2D eigenvalue weighted by molar-refractivity contribution is 5.81. The van der Waals surface area contributed by atoms with Crippen molar-refractivity contribution in [2.75, 3.05) is 12.3 Å². The molecule has 19 heavy (non-hydrogen) atoms. The van der Waals surface area contributed by atoms with Gasteiger partial charge in [-0.05, 0) is 0 Å². The summed E-state index contributed by atoms with van der Waals surface area (Å²) in [6, 6.07) is 0. The van der Waals surface area contributed by atoms with Gasteiger partial charge in [-0.3, -0.25) is 4.57 Å². The fraction of sp³-hybridized carbons (Fsp3) is 0.500. The van der Waals surface area contributed by atoms with Crippen LogP contribution in [0.1, 0.15) is 12.6 Å². The van der Waals surface area contributed by atoms with E-state index in [0.29, 0.717) is 11.2 Å². The highest BCUT2D eigenvalue weighted by Gasteiger charge is 2.51. The normalized spacial score (nSPS) is 31.1. The van der Waals surface area contributed by atoms with Gasteiger partial charge in [0.2, 0.25) is 0 Å². The van der Waals surface area contributed by atoms with Gasteiger partial charge in [0, 0.05) is 6.42 Å². The maximum atomic E-state index is 13.8. The topological polar surface area (TPSA) is 99.1 Å². The molecule has 1 saturated heterocycles. The molecule has 3 heterocycles. The van der Waals surface area contributed by atoms with Crippen molar-refractivity contribution in [2.24, 2.45) is 0 Å². The number of rotatable bonds is 2. The van der Waals surface area contributed by atoms with Crippen LogP contribution in [0.3, 0.4) is 0 Å². The van der Waals surface area contributed by atoms with E-state index >= 15 is 0 Å². The van der Waals surface area contributed by atoms with E-state index in [2.05, 4.69) is 15.0 Å². The van der Waals surface area contributed by atoms with E-state index in [4.69, 9.17) is 15.6 Å². The molecule has 1 fully saturated rings. The smallest absolute Gasteiger partial charge is 0.265 e. The molecule has 0 saturated carbocycles. The molecule has 1 aliphatic heterocycles. The first-order valence-electron chi connectivity index (χ1n) is 5.60. The Morgan fingerprint density at radius 1 is 1.53 bits per heavy atom. The maximum Gasteiger partial charge on any atom is 0.265 e. The maximum absolute atomic E-state index is 13.8. The van der Waals surface area contributed by atoms with Crippen molar-refractivity contribution in [3.8, 4) is 0 Å². The van der Waals surface area contributed by atoms with Crippen LogP contribution in [0, 0.1) is 0 Å². The molecule has 7 nitrogen and oxygen atoms in total. The van der Waals surface area contributed by atoms with E-state index in [1.807, 2.05) is 0 Å². The summed E-state index contributed by atoms with van der Waals surface area (Å²) in [4.78, 5) is 11.7. The molecular formula is C10H11F2N5O2. The summed E-state index contributed by atoms with van der Waals surface area (Å²) >= 11 is 0. The number of halogens is 2. The summed E-state index contributed by atoms with van der Waals surface area (Å²) in [7, 11) is 0. The number of anilines is 1. The molecule has 0 unspecified atom stereocenters. The molecule has 0 aliphatic carbocycles. The lowest BCUT2D eigenvalue weighted by Crippen LogP contribution is -2.35. The van der Waals surface area contributed by atoms with Crippen molar-refractivity contribution in [3.05, 3.63) is 12.7 Å². The number of hydrogen-bond donors (Lipinski definition) is 2. The minimum absolute atomic E-state index is 0.173. The zero-order chi connectivity index (χ0) is 13.6. The van der Waals surface area contributed by atoms with Crippen molar-refractivity contribution >= 4 is 17.0 Å². The second kappa shape index (κ2) is 4.07. The molecule has 3 atom stereocenters. The van der Waals surface area contributed by atoms with Crippen molar-refractivity contribution in [2.45, 2.75) is 24.7 Å². The van der Waals surface area contributed by atoms with Crippen LogP contribution in [0.15, 0.2) is 12.7 Å². The number of hydrogen-bond acceptors (Lipinski definition) is 6. The van der Waals surface area contributed by atoms with E-state index < -0.39 is 24.9 Å². The average molecular weight is 271 g/mol. The van der Waals surface area contributed by atoms with Crippen LogP contribution in [0.2, 0.25) is 0 Å². The van der Waals surface area contributed by atoms with Gasteiger partial charge in [0.15, 0.2) is 17.6 Å². The Hall–Kier alpha value is -1.87. The van der Waals surface area contributed by atoms with Crippen LogP contribution < -0.4 is 5.73 Å². The van der Waals surface area contributed by atoms with Crippen molar-refractivity contribution in [1.82, 2.24) is 19.5 Å². The van der Waals surface area contributed by atoms with E-state index in [1.165, 1.54) is 17.2 Å². The summed E-state index contributed by atoms with van der Waals surface area (Å²) in [5.41, 5.74) is 6.28. The molecule has 0 radical (unpaired) electrons. The molecule has 1 aliphatic rings. The van der Waals surface area contributed by atoms with Gasteiger partial charge < -0.3 is 15.6 Å². The van der Waals surface area contributed by atoms with Gasteiger partial charge >= 0.3 is 0 Å². The van der Waals surface area contributed by atoms with E-state index in [1.54, 1.807) is 0 Å². The average Bonchev–Trinajstić information content (AvgIpc) is 2.94. The fourth-order valence-electron chi connectivity index (χ4n) is 2.09. The molecule has 2 aromatic rings. The molecule has 9 heteroatoms. The Morgan fingerprint density at radius 2 is 2.32 bits per heavy atom. The van der Waals surface area contributed by atoms with Gasteiger partial charge in [-0.15, -0.1) is 0 Å². The number of nitrogens with zero attached hydrogens (tertiary/aromatic N) is 4. The quantitative estimate of drug-likeness (QED) is 0.816. The number of aliphatic hydroxyl groups is 1. The zero-order valence-electron chi connectivity index (χ0n) is 9.70. The Kier molecular flexibility index (Phi) is 2.61. The zero-order valence-corrected chi connectivity index (χ0v) is 9.70. The molecular weight excluding hydrogens is 260 g/mol. The minimum atomic E-state index is -2.69. The summed E-state index contributed by atoms with van der Waals surface area (Å²) in [6.07, 6.45) is -0.541. The second-order valence-electron chi connectivity index (χ2n) is 4.30. The summed E-state index contributed by atoms with van der Waals surface area (Å²) < 4.78 is 33.7. The predicted molar refractivity (Wildman–Crippen MR) is 60.3 cm³/mol. The number of nitrogen functional groups attached to an aromatic ring is 1. The number of aromatic nitrogens is 4. The lowest BCUT2D eigenvalue weighted by molar-refractivity contribution is -0.194. The first-order valence-corrected chi connectivity index (χ1v) is 5.60. The molecule has 0 spiro atoms. The Labute approximate surface area is 106 Å². The van der Waals surface area contributed by atoms with Gasteiger partial charge in [0.25, 0.3) is 5.85 Å². The molecule has 0 amide bonds. The fourth-order valence-corrected chi connectivity index (χ4v) is 2.09. The number of fused-ring (bicyclic) bond motifs is 1. The van der Waals surface area contributed by atoms with Gasteiger partial charge in [-0.1, -0.05) is 0 Å². The third-order valence-electron chi connectivity index (χ3n) is 3.12. The number of aliphatic hydroxyl groups excluding tert-OH is 1. The van der Waals surface area contributed by atoms with Gasteiger partial charge in [0.05, 0.1) is 6.33 Å². The van der Waals surface area contributed by atoms with E-state index in [9.17, 15) is 8.78 Å². The third-order valence-corrected chi connectivity index (χ3v) is 3.12. The molecule has 3 rings (SSSR count). The van der Waals surface area contributed by atoms with Crippen molar-refractivity contribution in [3.63, 3.8) is 0 Å². The van der Waals surface area contributed by atoms with Crippen LogP contribution in [0.5, 0.6) is 0 Å². The van der Waals surface area contributed by atoms with Crippen LogP contribution in [-0.2, 0) is 4.74 Å². The largest absolute Gasteiger partial charge is 0.390 e. The number of alkyl halides is 2. The van der Waals surface area contributed by atoms with E-state index in [-0.39, 0.29) is 12.2 Å². The predicted octanol–water partition coefficient (Wildman–Crippen LogP) is 0.324. The number of imidazole rings is 1. The monoisotopic (exact) mass is 271 g/mol.